The normalized spacial score (nSPS) is 14.0. The van der Waals surface area contributed by atoms with Crippen molar-refractivity contribution in [2.75, 3.05) is 28.2 Å². The molecule has 0 atom stereocenters. The Morgan fingerprint density at radius 1 is 1.00 bits per heavy atom. The summed E-state index contributed by atoms with van der Waals surface area (Å²) < 4.78 is 2.30. The highest BCUT2D eigenvalue weighted by atomic mass is 28.4. The van der Waals surface area contributed by atoms with Crippen molar-refractivity contribution in [3.8, 4) is 0 Å². The van der Waals surface area contributed by atoms with Gasteiger partial charge in [0.05, 0.1) is 0 Å². The van der Waals surface area contributed by atoms with Gasteiger partial charge < -0.3 is 14.5 Å². The standard InChI is InChI=1S/C8H23N3Si/c1-8(2,3)12(9-4,10-5)11(6)7/h9-10H,1-7H3. The van der Waals surface area contributed by atoms with Crippen molar-refractivity contribution >= 4 is 8.56 Å². The third-order valence-corrected chi connectivity index (χ3v) is 7.44. The van der Waals surface area contributed by atoms with E-state index in [2.05, 4.69) is 49.4 Å². The molecule has 0 aromatic heterocycles. The summed E-state index contributed by atoms with van der Waals surface area (Å²) in [5, 5.41) is 0.278. The molecule has 0 saturated carbocycles. The van der Waals surface area contributed by atoms with Crippen LogP contribution in [0.15, 0.2) is 0 Å². The first-order chi connectivity index (χ1) is 5.31. The Hall–Kier alpha value is 0.0969. The number of hydrogen-bond acceptors (Lipinski definition) is 3. The lowest BCUT2D eigenvalue weighted by Crippen LogP contribution is -2.74. The molecule has 74 valence electrons. The molecular weight excluding hydrogens is 166 g/mol. The molecule has 0 rings (SSSR count). The second kappa shape index (κ2) is 3.87. The SMILES string of the molecule is CN[Si](NC)(N(C)C)C(C)(C)C. The first kappa shape index (κ1) is 12.1. The molecule has 3 nitrogen and oxygen atoms in total. The zero-order chi connectivity index (χ0) is 9.99. The minimum absolute atomic E-state index is 0.278. The minimum Gasteiger partial charge on any atom is -0.316 e. The van der Waals surface area contributed by atoms with E-state index < -0.39 is 8.56 Å². The van der Waals surface area contributed by atoms with E-state index in [-0.39, 0.29) is 5.04 Å². The van der Waals surface area contributed by atoms with Crippen LogP contribution in [0.2, 0.25) is 5.04 Å². The number of hydrogen-bond donors (Lipinski definition) is 2. The fourth-order valence-electron chi connectivity index (χ4n) is 1.99. The quantitative estimate of drug-likeness (QED) is 0.641. The van der Waals surface area contributed by atoms with Gasteiger partial charge in [-0.2, -0.15) is 0 Å². The molecule has 0 radical (unpaired) electrons. The molecule has 0 fully saturated rings. The molecule has 12 heavy (non-hydrogen) atoms. The van der Waals surface area contributed by atoms with E-state index in [1.54, 1.807) is 0 Å². The molecule has 0 aromatic carbocycles. The molecule has 0 amide bonds. The predicted molar refractivity (Wildman–Crippen MR) is 57.3 cm³/mol. The Balaban J connectivity index is 4.83. The second-order valence-corrected chi connectivity index (χ2v) is 9.17. The smallest absolute Gasteiger partial charge is 0.288 e. The van der Waals surface area contributed by atoms with E-state index in [9.17, 15) is 0 Å². The van der Waals surface area contributed by atoms with Crippen molar-refractivity contribution in [1.29, 1.82) is 0 Å². The summed E-state index contributed by atoms with van der Waals surface area (Å²) in [6, 6.07) is 0. The number of nitrogens with zero attached hydrogens (tertiary/aromatic N) is 1. The second-order valence-electron chi connectivity index (χ2n) is 4.35. The van der Waals surface area contributed by atoms with Gasteiger partial charge in [0.1, 0.15) is 0 Å². The van der Waals surface area contributed by atoms with E-state index in [1.165, 1.54) is 0 Å². The van der Waals surface area contributed by atoms with Gasteiger partial charge in [0.15, 0.2) is 0 Å². The van der Waals surface area contributed by atoms with Crippen molar-refractivity contribution in [2.24, 2.45) is 0 Å². The lowest BCUT2D eigenvalue weighted by atomic mass is 10.3. The van der Waals surface area contributed by atoms with Crippen LogP contribution in [0.3, 0.4) is 0 Å². The third-order valence-electron chi connectivity index (χ3n) is 2.48. The van der Waals surface area contributed by atoms with E-state index >= 15 is 0 Å². The van der Waals surface area contributed by atoms with Crippen LogP contribution < -0.4 is 9.96 Å². The van der Waals surface area contributed by atoms with Crippen molar-refractivity contribution in [3.05, 3.63) is 0 Å². The monoisotopic (exact) mass is 189 g/mol. The van der Waals surface area contributed by atoms with Gasteiger partial charge in [0.25, 0.3) is 8.56 Å². The maximum absolute atomic E-state index is 3.46. The Morgan fingerprint density at radius 2 is 1.33 bits per heavy atom. The van der Waals surface area contributed by atoms with Crippen LogP contribution in [-0.2, 0) is 0 Å². The Labute approximate surface area is 77.8 Å². The van der Waals surface area contributed by atoms with Crippen LogP contribution in [0.25, 0.3) is 0 Å². The lowest BCUT2D eigenvalue weighted by Gasteiger charge is -2.45. The van der Waals surface area contributed by atoms with Crippen LogP contribution >= 0.6 is 0 Å². The molecule has 0 aliphatic heterocycles. The lowest BCUT2D eigenvalue weighted by molar-refractivity contribution is 0.499. The number of rotatable bonds is 3. The summed E-state index contributed by atoms with van der Waals surface area (Å²) >= 11 is 0. The van der Waals surface area contributed by atoms with Crippen LogP contribution in [0.5, 0.6) is 0 Å². The highest BCUT2D eigenvalue weighted by Gasteiger charge is 2.45. The highest BCUT2D eigenvalue weighted by molar-refractivity contribution is 6.75. The van der Waals surface area contributed by atoms with E-state index in [4.69, 9.17) is 0 Å². The van der Waals surface area contributed by atoms with Crippen molar-refractivity contribution < 1.29 is 0 Å². The summed E-state index contributed by atoms with van der Waals surface area (Å²) in [5.74, 6) is 0. The summed E-state index contributed by atoms with van der Waals surface area (Å²) in [6.45, 7) is 6.81. The number of nitrogens with one attached hydrogen (secondary N) is 2. The zero-order valence-corrected chi connectivity index (χ0v) is 10.4. The molecule has 0 spiro atoms. The van der Waals surface area contributed by atoms with Gasteiger partial charge in [-0.15, -0.1) is 0 Å². The van der Waals surface area contributed by atoms with Crippen molar-refractivity contribution in [2.45, 2.75) is 25.8 Å². The highest BCUT2D eigenvalue weighted by Crippen LogP contribution is 2.32. The van der Waals surface area contributed by atoms with E-state index in [0.717, 1.165) is 0 Å². The Bertz CT molecular complexity index is 136. The predicted octanol–water partition coefficient (Wildman–Crippen LogP) is 0.726. The van der Waals surface area contributed by atoms with Gasteiger partial charge in [-0.05, 0) is 33.2 Å². The van der Waals surface area contributed by atoms with Gasteiger partial charge in [0.2, 0.25) is 0 Å². The minimum atomic E-state index is -1.69. The van der Waals surface area contributed by atoms with Crippen LogP contribution in [0.4, 0.5) is 0 Å². The fraction of sp³-hybridized carbons (Fsp3) is 1.00. The van der Waals surface area contributed by atoms with Gasteiger partial charge in [0, 0.05) is 0 Å². The first-order valence-electron chi connectivity index (χ1n) is 4.37. The molecular formula is C8H23N3Si. The first-order valence-corrected chi connectivity index (χ1v) is 6.32. The molecule has 0 aliphatic carbocycles. The van der Waals surface area contributed by atoms with Gasteiger partial charge >= 0.3 is 0 Å². The van der Waals surface area contributed by atoms with E-state index in [0.29, 0.717) is 0 Å². The molecule has 0 unspecified atom stereocenters. The summed E-state index contributed by atoms with van der Waals surface area (Å²) in [5.41, 5.74) is 0. The molecule has 0 heterocycles. The van der Waals surface area contributed by atoms with Crippen molar-refractivity contribution in [3.63, 3.8) is 0 Å². The Kier molecular flexibility index (Phi) is 3.90. The maximum Gasteiger partial charge on any atom is 0.288 e. The van der Waals surface area contributed by atoms with Crippen LogP contribution in [-0.4, -0.2) is 41.3 Å². The van der Waals surface area contributed by atoms with Gasteiger partial charge in [-0.1, -0.05) is 20.8 Å². The molecule has 0 aliphatic rings. The summed E-state index contributed by atoms with van der Waals surface area (Å²) in [6.07, 6.45) is 0. The molecule has 0 bridgehead atoms. The summed E-state index contributed by atoms with van der Waals surface area (Å²) in [7, 11) is 6.64. The fourth-order valence-corrected chi connectivity index (χ4v) is 5.98. The zero-order valence-electron chi connectivity index (χ0n) is 9.45. The largest absolute Gasteiger partial charge is 0.316 e. The topological polar surface area (TPSA) is 27.3 Å². The van der Waals surface area contributed by atoms with Crippen LogP contribution in [0, 0.1) is 0 Å². The molecule has 0 saturated heterocycles. The summed E-state index contributed by atoms with van der Waals surface area (Å²) in [4.78, 5) is 6.92. The Morgan fingerprint density at radius 3 is 1.33 bits per heavy atom. The van der Waals surface area contributed by atoms with Gasteiger partial charge in [-0.25, -0.2) is 0 Å². The molecule has 4 heteroatoms. The molecule has 2 N–H and O–H groups in total. The molecule has 0 aromatic rings. The van der Waals surface area contributed by atoms with Crippen molar-refractivity contribution in [1.82, 2.24) is 14.5 Å². The van der Waals surface area contributed by atoms with Crippen LogP contribution in [0.1, 0.15) is 20.8 Å². The van der Waals surface area contributed by atoms with Gasteiger partial charge in [-0.3, -0.25) is 0 Å². The average molecular weight is 189 g/mol. The average Bonchev–Trinajstić information content (AvgIpc) is 1.87. The third kappa shape index (κ3) is 1.88. The van der Waals surface area contributed by atoms with E-state index in [1.807, 2.05) is 14.1 Å². The maximum atomic E-state index is 3.46.